The molecule has 0 saturated carbocycles. The number of aliphatic imine (C=N–C) groups is 1. The number of nitrogens with one attached hydrogen (secondary N) is 1. The van der Waals surface area contributed by atoms with Gasteiger partial charge in [-0.2, -0.15) is 0 Å². The minimum atomic E-state index is 0.560. The number of rotatable bonds is 5. The minimum absolute atomic E-state index is 0.560. The normalized spacial score (nSPS) is 14.3. The Balaban J connectivity index is 1.60. The number of hydrogen-bond acceptors (Lipinski definition) is 3. The van der Waals surface area contributed by atoms with Crippen LogP contribution < -0.4 is 5.32 Å². The Morgan fingerprint density at radius 1 is 1.05 bits per heavy atom. The van der Waals surface area contributed by atoms with E-state index in [0.29, 0.717) is 13.2 Å². The van der Waals surface area contributed by atoms with Crippen LogP contribution in [0, 0.1) is 0 Å². The summed E-state index contributed by atoms with van der Waals surface area (Å²) in [6, 6.07) is 16.1. The van der Waals surface area contributed by atoms with Crippen LogP contribution in [0.15, 0.2) is 53.5 Å². The molecule has 0 atom stereocenters. The first-order valence-corrected chi connectivity index (χ1v) is 7.89. The zero-order valence-corrected chi connectivity index (χ0v) is 13.1. The topological polar surface area (TPSA) is 33.6 Å². The SMILES string of the molecule is Clc1cccc(COCc2cccc(C3=NCCCN3)c2)c1. The van der Waals surface area contributed by atoms with Gasteiger partial charge in [0, 0.05) is 23.7 Å². The molecule has 1 heterocycles. The maximum absolute atomic E-state index is 5.97. The van der Waals surface area contributed by atoms with Gasteiger partial charge in [0.25, 0.3) is 0 Å². The summed E-state index contributed by atoms with van der Waals surface area (Å²) >= 11 is 5.97. The molecule has 3 rings (SSSR count). The maximum Gasteiger partial charge on any atom is 0.128 e. The fraction of sp³-hybridized carbons (Fsp3) is 0.278. The van der Waals surface area contributed by atoms with E-state index < -0.39 is 0 Å². The van der Waals surface area contributed by atoms with E-state index in [4.69, 9.17) is 16.3 Å². The van der Waals surface area contributed by atoms with Crippen LogP contribution in [0.3, 0.4) is 0 Å². The van der Waals surface area contributed by atoms with Crippen molar-refractivity contribution in [1.29, 1.82) is 0 Å². The predicted octanol–water partition coefficient (Wildman–Crippen LogP) is 3.80. The van der Waals surface area contributed by atoms with Gasteiger partial charge in [-0.15, -0.1) is 0 Å². The Hall–Kier alpha value is -1.84. The molecule has 0 spiro atoms. The standard InChI is InChI=1S/C18H19ClN2O/c19-17-7-2-5-15(11-17)13-22-12-14-4-1-6-16(10-14)18-20-8-3-9-21-18/h1-2,4-7,10-11H,3,8-9,12-13H2,(H,20,21). The average molecular weight is 315 g/mol. The van der Waals surface area contributed by atoms with E-state index in [2.05, 4.69) is 28.5 Å². The Morgan fingerprint density at radius 2 is 1.82 bits per heavy atom. The molecule has 0 fully saturated rings. The number of hydrogen-bond donors (Lipinski definition) is 1. The van der Waals surface area contributed by atoms with E-state index in [1.807, 2.05) is 30.3 Å². The number of halogens is 1. The molecule has 1 aliphatic rings. The number of amidine groups is 1. The molecule has 0 amide bonds. The highest BCUT2D eigenvalue weighted by Gasteiger charge is 2.07. The zero-order chi connectivity index (χ0) is 15.2. The van der Waals surface area contributed by atoms with Crippen LogP contribution in [-0.2, 0) is 18.0 Å². The lowest BCUT2D eigenvalue weighted by Crippen LogP contribution is -2.30. The van der Waals surface area contributed by atoms with E-state index in [0.717, 1.165) is 47.1 Å². The van der Waals surface area contributed by atoms with Crippen molar-refractivity contribution in [2.45, 2.75) is 19.6 Å². The minimum Gasteiger partial charge on any atom is -0.372 e. The molecule has 1 aliphatic heterocycles. The van der Waals surface area contributed by atoms with Crippen molar-refractivity contribution in [1.82, 2.24) is 5.32 Å². The first-order valence-electron chi connectivity index (χ1n) is 7.51. The van der Waals surface area contributed by atoms with Gasteiger partial charge in [-0.05, 0) is 35.7 Å². The van der Waals surface area contributed by atoms with Crippen LogP contribution in [0.2, 0.25) is 5.02 Å². The van der Waals surface area contributed by atoms with Gasteiger partial charge >= 0.3 is 0 Å². The Labute approximate surface area is 136 Å². The van der Waals surface area contributed by atoms with Crippen molar-refractivity contribution in [3.05, 3.63) is 70.2 Å². The Kier molecular flexibility index (Phi) is 5.09. The molecule has 0 saturated heterocycles. The van der Waals surface area contributed by atoms with Crippen LogP contribution in [0.25, 0.3) is 0 Å². The van der Waals surface area contributed by atoms with Gasteiger partial charge in [-0.3, -0.25) is 4.99 Å². The lowest BCUT2D eigenvalue weighted by molar-refractivity contribution is 0.107. The Morgan fingerprint density at radius 3 is 2.55 bits per heavy atom. The third-order valence-electron chi connectivity index (χ3n) is 3.52. The molecular weight excluding hydrogens is 296 g/mol. The highest BCUT2D eigenvalue weighted by Crippen LogP contribution is 2.13. The third kappa shape index (κ3) is 4.09. The largest absolute Gasteiger partial charge is 0.372 e. The summed E-state index contributed by atoms with van der Waals surface area (Å²) in [5.41, 5.74) is 3.36. The first kappa shape index (κ1) is 15.1. The number of benzene rings is 2. The summed E-state index contributed by atoms with van der Waals surface area (Å²) in [5.74, 6) is 0.989. The summed E-state index contributed by atoms with van der Waals surface area (Å²) in [4.78, 5) is 4.53. The fourth-order valence-electron chi connectivity index (χ4n) is 2.45. The van der Waals surface area contributed by atoms with Gasteiger partial charge < -0.3 is 10.1 Å². The lowest BCUT2D eigenvalue weighted by atomic mass is 10.1. The smallest absolute Gasteiger partial charge is 0.128 e. The van der Waals surface area contributed by atoms with Crippen molar-refractivity contribution in [2.75, 3.05) is 13.1 Å². The van der Waals surface area contributed by atoms with Gasteiger partial charge in [-0.25, -0.2) is 0 Å². The van der Waals surface area contributed by atoms with Crippen LogP contribution in [-0.4, -0.2) is 18.9 Å². The molecule has 2 aromatic rings. The molecule has 1 N–H and O–H groups in total. The molecule has 0 bridgehead atoms. The van der Waals surface area contributed by atoms with Gasteiger partial charge in [0.05, 0.1) is 13.2 Å². The quantitative estimate of drug-likeness (QED) is 0.911. The molecule has 0 unspecified atom stereocenters. The molecule has 0 radical (unpaired) electrons. The van der Waals surface area contributed by atoms with Crippen LogP contribution >= 0.6 is 11.6 Å². The summed E-state index contributed by atoms with van der Waals surface area (Å²) in [6.07, 6.45) is 1.10. The van der Waals surface area contributed by atoms with Crippen molar-refractivity contribution in [3.63, 3.8) is 0 Å². The summed E-state index contributed by atoms with van der Waals surface area (Å²) in [5, 5.41) is 4.09. The van der Waals surface area contributed by atoms with E-state index in [9.17, 15) is 0 Å². The van der Waals surface area contributed by atoms with Crippen LogP contribution in [0.4, 0.5) is 0 Å². The number of nitrogens with zero attached hydrogens (tertiary/aromatic N) is 1. The van der Waals surface area contributed by atoms with Crippen molar-refractivity contribution < 1.29 is 4.74 Å². The second kappa shape index (κ2) is 7.43. The summed E-state index contributed by atoms with van der Waals surface area (Å²) in [6.45, 7) is 3.03. The molecule has 2 aromatic carbocycles. The van der Waals surface area contributed by atoms with Gasteiger partial charge in [0.1, 0.15) is 5.84 Å². The van der Waals surface area contributed by atoms with Crippen LogP contribution in [0.1, 0.15) is 23.1 Å². The van der Waals surface area contributed by atoms with Crippen LogP contribution in [0.5, 0.6) is 0 Å². The fourth-order valence-corrected chi connectivity index (χ4v) is 2.66. The van der Waals surface area contributed by atoms with Crippen molar-refractivity contribution >= 4 is 17.4 Å². The van der Waals surface area contributed by atoms with E-state index in [1.54, 1.807) is 0 Å². The summed E-state index contributed by atoms with van der Waals surface area (Å²) < 4.78 is 5.78. The number of ether oxygens (including phenoxy) is 1. The van der Waals surface area contributed by atoms with Gasteiger partial charge in [0.2, 0.25) is 0 Å². The van der Waals surface area contributed by atoms with E-state index in [1.165, 1.54) is 0 Å². The predicted molar refractivity (Wildman–Crippen MR) is 90.4 cm³/mol. The molecular formula is C18H19ClN2O. The summed E-state index contributed by atoms with van der Waals surface area (Å²) in [7, 11) is 0. The highest BCUT2D eigenvalue weighted by atomic mass is 35.5. The lowest BCUT2D eigenvalue weighted by Gasteiger charge is -2.15. The van der Waals surface area contributed by atoms with Crippen molar-refractivity contribution in [3.8, 4) is 0 Å². The monoisotopic (exact) mass is 314 g/mol. The van der Waals surface area contributed by atoms with Gasteiger partial charge in [-0.1, -0.05) is 41.9 Å². The third-order valence-corrected chi connectivity index (χ3v) is 3.76. The zero-order valence-electron chi connectivity index (χ0n) is 12.4. The average Bonchev–Trinajstić information content (AvgIpc) is 2.56. The molecule has 114 valence electrons. The second-order valence-corrected chi connectivity index (χ2v) is 5.77. The first-order chi connectivity index (χ1) is 10.8. The highest BCUT2D eigenvalue weighted by molar-refractivity contribution is 6.30. The molecule has 4 heteroatoms. The molecule has 3 nitrogen and oxygen atoms in total. The Bertz CT molecular complexity index is 670. The molecule has 22 heavy (non-hydrogen) atoms. The van der Waals surface area contributed by atoms with Crippen molar-refractivity contribution in [2.24, 2.45) is 4.99 Å². The van der Waals surface area contributed by atoms with E-state index >= 15 is 0 Å². The van der Waals surface area contributed by atoms with Gasteiger partial charge in [0.15, 0.2) is 0 Å². The molecule has 0 aromatic heterocycles. The van der Waals surface area contributed by atoms with E-state index in [-0.39, 0.29) is 0 Å². The maximum atomic E-state index is 5.97. The molecule has 0 aliphatic carbocycles. The second-order valence-electron chi connectivity index (χ2n) is 5.33.